The maximum atomic E-state index is 13.1. The van der Waals surface area contributed by atoms with Gasteiger partial charge in [0, 0.05) is 24.2 Å². The first kappa shape index (κ1) is 14.3. The third-order valence-electron chi connectivity index (χ3n) is 3.48. The molecule has 2 nitrogen and oxygen atoms in total. The lowest BCUT2D eigenvalue weighted by molar-refractivity contribution is 0.113. The SMILES string of the molecule is CCCNC1CCCCC1Oc1cc(F)cc(F)c1. The van der Waals surface area contributed by atoms with Gasteiger partial charge in [-0.05, 0) is 32.2 Å². The summed E-state index contributed by atoms with van der Waals surface area (Å²) in [7, 11) is 0. The average Bonchev–Trinajstić information content (AvgIpc) is 2.36. The van der Waals surface area contributed by atoms with Gasteiger partial charge in [-0.25, -0.2) is 8.78 Å². The summed E-state index contributed by atoms with van der Waals surface area (Å²) in [6, 6.07) is 3.63. The molecule has 4 heteroatoms. The van der Waals surface area contributed by atoms with Crippen molar-refractivity contribution in [2.75, 3.05) is 6.54 Å². The van der Waals surface area contributed by atoms with Gasteiger partial charge in [-0.15, -0.1) is 0 Å². The molecule has 1 aliphatic rings. The third-order valence-corrected chi connectivity index (χ3v) is 3.48. The van der Waals surface area contributed by atoms with E-state index < -0.39 is 11.6 Å². The van der Waals surface area contributed by atoms with Gasteiger partial charge in [0.2, 0.25) is 0 Å². The zero-order valence-electron chi connectivity index (χ0n) is 11.3. The van der Waals surface area contributed by atoms with E-state index in [0.29, 0.717) is 0 Å². The first-order chi connectivity index (χ1) is 9.19. The first-order valence-corrected chi connectivity index (χ1v) is 7.05. The Morgan fingerprint density at radius 2 is 1.84 bits per heavy atom. The van der Waals surface area contributed by atoms with Crippen LogP contribution in [0, 0.1) is 11.6 Å². The molecule has 2 atom stereocenters. The molecule has 0 radical (unpaired) electrons. The molecular formula is C15H21F2NO. The molecule has 1 aromatic rings. The molecule has 1 N–H and O–H groups in total. The van der Waals surface area contributed by atoms with Gasteiger partial charge in [0.1, 0.15) is 23.5 Å². The summed E-state index contributed by atoms with van der Waals surface area (Å²) in [5.41, 5.74) is 0. The van der Waals surface area contributed by atoms with Gasteiger partial charge in [0.15, 0.2) is 0 Å². The predicted molar refractivity (Wildman–Crippen MR) is 71.3 cm³/mol. The Hall–Kier alpha value is -1.16. The molecule has 0 heterocycles. The third kappa shape index (κ3) is 4.16. The van der Waals surface area contributed by atoms with Crippen LogP contribution in [0.25, 0.3) is 0 Å². The molecule has 0 bridgehead atoms. The molecule has 1 saturated carbocycles. The van der Waals surface area contributed by atoms with Crippen LogP contribution in [0.1, 0.15) is 39.0 Å². The van der Waals surface area contributed by atoms with Crippen LogP contribution in [0.3, 0.4) is 0 Å². The van der Waals surface area contributed by atoms with E-state index in [1.807, 2.05) is 0 Å². The minimum absolute atomic E-state index is 0.00139. The molecule has 0 amide bonds. The molecule has 2 rings (SSSR count). The van der Waals surface area contributed by atoms with Crippen molar-refractivity contribution in [3.8, 4) is 5.75 Å². The van der Waals surface area contributed by atoms with Gasteiger partial charge >= 0.3 is 0 Å². The van der Waals surface area contributed by atoms with E-state index in [1.165, 1.54) is 18.6 Å². The van der Waals surface area contributed by atoms with Crippen LogP contribution in [0.2, 0.25) is 0 Å². The molecule has 1 fully saturated rings. The summed E-state index contributed by atoms with van der Waals surface area (Å²) >= 11 is 0. The van der Waals surface area contributed by atoms with Gasteiger partial charge in [-0.3, -0.25) is 0 Å². The monoisotopic (exact) mass is 269 g/mol. The summed E-state index contributed by atoms with van der Waals surface area (Å²) in [5, 5.41) is 3.46. The van der Waals surface area contributed by atoms with E-state index >= 15 is 0 Å². The largest absolute Gasteiger partial charge is 0.489 e. The zero-order valence-corrected chi connectivity index (χ0v) is 11.3. The lowest BCUT2D eigenvalue weighted by atomic mass is 9.92. The Labute approximate surface area is 113 Å². The Balaban J connectivity index is 2.01. The number of halogens is 2. The predicted octanol–water partition coefficient (Wildman–Crippen LogP) is 3.65. The quantitative estimate of drug-likeness (QED) is 0.881. The highest BCUT2D eigenvalue weighted by molar-refractivity contribution is 5.24. The number of benzene rings is 1. The number of hydrogen-bond donors (Lipinski definition) is 1. The second-order valence-electron chi connectivity index (χ2n) is 5.11. The fourth-order valence-corrected chi connectivity index (χ4v) is 2.57. The normalized spacial score (nSPS) is 23.3. The molecule has 0 saturated heterocycles. The van der Waals surface area contributed by atoms with E-state index in [1.54, 1.807) is 0 Å². The molecular weight excluding hydrogens is 248 g/mol. The number of ether oxygens (including phenoxy) is 1. The van der Waals surface area contributed by atoms with E-state index in [-0.39, 0.29) is 17.9 Å². The Morgan fingerprint density at radius 3 is 2.53 bits per heavy atom. The van der Waals surface area contributed by atoms with Crippen molar-refractivity contribution in [3.63, 3.8) is 0 Å². The van der Waals surface area contributed by atoms with E-state index in [9.17, 15) is 8.78 Å². The number of nitrogens with one attached hydrogen (secondary N) is 1. The second kappa shape index (κ2) is 6.85. The molecule has 0 aliphatic heterocycles. The van der Waals surface area contributed by atoms with E-state index in [4.69, 9.17) is 4.74 Å². The maximum absolute atomic E-state index is 13.1. The Morgan fingerprint density at radius 1 is 1.16 bits per heavy atom. The highest BCUT2D eigenvalue weighted by Crippen LogP contribution is 2.25. The number of rotatable bonds is 5. The Bertz CT molecular complexity index is 391. The minimum Gasteiger partial charge on any atom is -0.489 e. The lowest BCUT2D eigenvalue weighted by Gasteiger charge is -2.32. The summed E-state index contributed by atoms with van der Waals surface area (Å²) in [6.07, 6.45) is 5.34. The zero-order chi connectivity index (χ0) is 13.7. The smallest absolute Gasteiger partial charge is 0.129 e. The van der Waals surface area contributed by atoms with Crippen LogP contribution in [0.15, 0.2) is 18.2 Å². The van der Waals surface area contributed by atoms with Crippen LogP contribution in [0.5, 0.6) is 5.75 Å². The van der Waals surface area contributed by atoms with Gasteiger partial charge in [0.25, 0.3) is 0 Å². The van der Waals surface area contributed by atoms with Crippen LogP contribution in [-0.4, -0.2) is 18.7 Å². The topological polar surface area (TPSA) is 21.3 Å². The van der Waals surface area contributed by atoms with Crippen molar-refractivity contribution in [2.24, 2.45) is 0 Å². The van der Waals surface area contributed by atoms with E-state index in [2.05, 4.69) is 12.2 Å². The summed E-state index contributed by atoms with van der Waals surface area (Å²) in [4.78, 5) is 0. The molecule has 0 spiro atoms. The van der Waals surface area contributed by atoms with Crippen molar-refractivity contribution < 1.29 is 13.5 Å². The van der Waals surface area contributed by atoms with Gasteiger partial charge in [0.05, 0.1) is 0 Å². The van der Waals surface area contributed by atoms with E-state index in [0.717, 1.165) is 38.3 Å². The molecule has 2 unspecified atom stereocenters. The van der Waals surface area contributed by atoms with Crippen molar-refractivity contribution >= 4 is 0 Å². The minimum atomic E-state index is -0.594. The lowest BCUT2D eigenvalue weighted by Crippen LogP contribution is -2.45. The fourth-order valence-electron chi connectivity index (χ4n) is 2.57. The summed E-state index contributed by atoms with van der Waals surface area (Å²) in [6.45, 7) is 3.07. The highest BCUT2D eigenvalue weighted by atomic mass is 19.1. The van der Waals surface area contributed by atoms with Crippen LogP contribution >= 0.6 is 0 Å². The van der Waals surface area contributed by atoms with Crippen molar-refractivity contribution in [3.05, 3.63) is 29.8 Å². The average molecular weight is 269 g/mol. The molecule has 1 aromatic carbocycles. The van der Waals surface area contributed by atoms with Gasteiger partial charge < -0.3 is 10.1 Å². The highest BCUT2D eigenvalue weighted by Gasteiger charge is 2.26. The first-order valence-electron chi connectivity index (χ1n) is 7.05. The second-order valence-corrected chi connectivity index (χ2v) is 5.11. The molecule has 19 heavy (non-hydrogen) atoms. The standard InChI is InChI=1S/C15H21F2NO/c1-2-7-18-14-5-3-4-6-15(14)19-13-9-11(16)8-12(17)10-13/h8-10,14-15,18H,2-7H2,1H3. The summed E-state index contributed by atoms with van der Waals surface area (Å²) < 4.78 is 32.1. The van der Waals surface area contributed by atoms with Crippen LogP contribution < -0.4 is 10.1 Å². The molecule has 1 aliphatic carbocycles. The van der Waals surface area contributed by atoms with Crippen molar-refractivity contribution in [1.29, 1.82) is 0 Å². The number of hydrogen-bond acceptors (Lipinski definition) is 2. The fraction of sp³-hybridized carbons (Fsp3) is 0.600. The summed E-state index contributed by atoms with van der Waals surface area (Å²) in [5.74, 6) is -0.902. The van der Waals surface area contributed by atoms with Gasteiger partial charge in [-0.1, -0.05) is 13.3 Å². The van der Waals surface area contributed by atoms with Crippen LogP contribution in [0.4, 0.5) is 8.78 Å². The van der Waals surface area contributed by atoms with Crippen molar-refractivity contribution in [2.45, 2.75) is 51.2 Å². The molecule has 106 valence electrons. The van der Waals surface area contributed by atoms with Crippen molar-refractivity contribution in [1.82, 2.24) is 5.32 Å². The molecule has 0 aromatic heterocycles. The van der Waals surface area contributed by atoms with Gasteiger partial charge in [-0.2, -0.15) is 0 Å². The van der Waals surface area contributed by atoms with Crippen LogP contribution in [-0.2, 0) is 0 Å². The Kier molecular flexibility index (Phi) is 5.14. The maximum Gasteiger partial charge on any atom is 0.129 e.